The molecule has 0 amide bonds. The highest BCUT2D eigenvalue weighted by molar-refractivity contribution is 5.15. The average Bonchev–Trinajstić information content (AvgIpc) is 2.32. The number of rotatable bonds is 3. The molecule has 0 fully saturated rings. The Kier molecular flexibility index (Phi) is 2.87. The lowest BCUT2D eigenvalue weighted by atomic mass is 10.2. The Hall–Kier alpha value is -0.830. The van der Waals surface area contributed by atoms with Crippen LogP contribution in [-0.4, -0.2) is 16.1 Å². The van der Waals surface area contributed by atoms with Gasteiger partial charge in [0.25, 0.3) is 0 Å². The number of hydrogen-bond donors (Lipinski definition) is 1. The minimum Gasteiger partial charge on any atom is -0.335 e. The Morgan fingerprint density at radius 3 is 2.58 bits per heavy atom. The molecule has 0 aromatic carbocycles. The van der Waals surface area contributed by atoms with E-state index in [0.717, 1.165) is 24.4 Å². The zero-order chi connectivity index (χ0) is 9.14. The molecular weight excluding hydrogens is 150 g/mol. The maximum atomic E-state index is 5.51. The minimum absolute atomic E-state index is 0.698. The van der Waals surface area contributed by atoms with E-state index in [-0.39, 0.29) is 0 Å². The lowest BCUT2D eigenvalue weighted by molar-refractivity contribution is 0.749. The Labute approximate surface area is 73.6 Å². The summed E-state index contributed by atoms with van der Waals surface area (Å²) < 4.78 is 2.15. The highest BCUT2D eigenvalue weighted by Crippen LogP contribution is 2.09. The number of imidazole rings is 1. The maximum Gasteiger partial charge on any atom is 0.108 e. The highest BCUT2D eigenvalue weighted by atomic mass is 15.1. The van der Waals surface area contributed by atoms with Gasteiger partial charge in [0.05, 0.1) is 5.69 Å². The van der Waals surface area contributed by atoms with E-state index >= 15 is 0 Å². The van der Waals surface area contributed by atoms with Gasteiger partial charge >= 0.3 is 0 Å². The van der Waals surface area contributed by atoms with E-state index in [4.69, 9.17) is 5.73 Å². The predicted octanol–water partition coefficient (Wildman–Crippen LogP) is 0.792. The van der Waals surface area contributed by atoms with Crippen LogP contribution in [0.3, 0.4) is 0 Å². The van der Waals surface area contributed by atoms with Crippen molar-refractivity contribution < 1.29 is 0 Å². The Bertz CT molecular complexity index is 263. The highest BCUT2D eigenvalue weighted by Gasteiger charge is 2.08. The number of hydrogen-bond acceptors (Lipinski definition) is 2. The van der Waals surface area contributed by atoms with Crippen LogP contribution >= 0.6 is 0 Å². The second kappa shape index (κ2) is 3.72. The van der Waals surface area contributed by atoms with Gasteiger partial charge in [-0.05, 0) is 13.5 Å². The summed E-state index contributed by atoms with van der Waals surface area (Å²) in [5.74, 6) is 1.15. The summed E-state index contributed by atoms with van der Waals surface area (Å²) in [5, 5.41) is 0. The quantitative estimate of drug-likeness (QED) is 0.723. The molecule has 0 aliphatic carbocycles. The molecule has 0 atom stereocenters. The average molecular weight is 167 g/mol. The molecule has 68 valence electrons. The molecule has 0 saturated heterocycles. The molecule has 1 rings (SSSR count). The first-order valence-corrected chi connectivity index (χ1v) is 4.41. The summed E-state index contributed by atoms with van der Waals surface area (Å²) in [6, 6.07) is 0. The monoisotopic (exact) mass is 167 g/mol. The van der Waals surface area contributed by atoms with Crippen molar-refractivity contribution in [2.75, 3.05) is 6.54 Å². The first kappa shape index (κ1) is 9.26. The number of nitrogens with zero attached hydrogens (tertiary/aromatic N) is 2. The van der Waals surface area contributed by atoms with E-state index in [1.54, 1.807) is 0 Å². The fourth-order valence-corrected chi connectivity index (χ4v) is 1.53. The van der Waals surface area contributed by atoms with Gasteiger partial charge in [0.15, 0.2) is 0 Å². The smallest absolute Gasteiger partial charge is 0.108 e. The standard InChI is InChI=1S/C9H17N3/c1-4-9-11-7(2)8(5-6-10)12(9)3/h4-6,10H2,1-3H3. The lowest BCUT2D eigenvalue weighted by Gasteiger charge is -2.03. The predicted molar refractivity (Wildman–Crippen MR) is 50.1 cm³/mol. The first-order chi connectivity index (χ1) is 5.70. The molecule has 2 N–H and O–H groups in total. The van der Waals surface area contributed by atoms with E-state index in [1.165, 1.54) is 5.69 Å². The van der Waals surface area contributed by atoms with Crippen molar-refractivity contribution in [3.8, 4) is 0 Å². The molecule has 0 aliphatic rings. The van der Waals surface area contributed by atoms with Crippen LogP contribution < -0.4 is 5.73 Å². The van der Waals surface area contributed by atoms with Crippen LogP contribution in [0.5, 0.6) is 0 Å². The molecule has 0 bridgehead atoms. The van der Waals surface area contributed by atoms with Crippen LogP contribution in [0.25, 0.3) is 0 Å². The van der Waals surface area contributed by atoms with Gasteiger partial charge in [0.2, 0.25) is 0 Å². The fourth-order valence-electron chi connectivity index (χ4n) is 1.53. The lowest BCUT2D eigenvalue weighted by Crippen LogP contribution is -2.08. The number of nitrogens with two attached hydrogens (primary N) is 1. The summed E-state index contributed by atoms with van der Waals surface area (Å²) in [7, 11) is 2.06. The molecule has 0 unspecified atom stereocenters. The van der Waals surface area contributed by atoms with Gasteiger partial charge in [0, 0.05) is 25.6 Å². The number of aromatic nitrogens is 2. The third-order valence-electron chi connectivity index (χ3n) is 2.20. The zero-order valence-electron chi connectivity index (χ0n) is 8.09. The molecule has 0 spiro atoms. The number of aryl methyl sites for hydroxylation is 2. The van der Waals surface area contributed by atoms with Gasteiger partial charge in [-0.15, -0.1) is 0 Å². The summed E-state index contributed by atoms with van der Waals surface area (Å²) in [6.07, 6.45) is 1.91. The van der Waals surface area contributed by atoms with Crippen molar-refractivity contribution in [1.29, 1.82) is 0 Å². The molecule has 1 heterocycles. The van der Waals surface area contributed by atoms with Gasteiger partial charge in [0.1, 0.15) is 5.82 Å². The molecule has 3 heteroatoms. The second-order valence-electron chi connectivity index (χ2n) is 3.01. The van der Waals surface area contributed by atoms with Crippen LogP contribution in [0.15, 0.2) is 0 Å². The van der Waals surface area contributed by atoms with E-state index in [0.29, 0.717) is 6.54 Å². The summed E-state index contributed by atoms with van der Waals surface area (Å²) >= 11 is 0. The van der Waals surface area contributed by atoms with Crippen molar-refractivity contribution in [3.05, 3.63) is 17.2 Å². The van der Waals surface area contributed by atoms with Crippen molar-refractivity contribution >= 4 is 0 Å². The van der Waals surface area contributed by atoms with Gasteiger partial charge in [-0.3, -0.25) is 0 Å². The van der Waals surface area contributed by atoms with E-state index in [2.05, 4.69) is 23.5 Å². The third-order valence-corrected chi connectivity index (χ3v) is 2.20. The molecule has 1 aromatic heterocycles. The zero-order valence-corrected chi connectivity index (χ0v) is 8.09. The molecule has 0 radical (unpaired) electrons. The minimum atomic E-state index is 0.698. The summed E-state index contributed by atoms with van der Waals surface area (Å²) in [6.45, 7) is 4.86. The first-order valence-electron chi connectivity index (χ1n) is 4.41. The van der Waals surface area contributed by atoms with E-state index < -0.39 is 0 Å². The molecule has 3 nitrogen and oxygen atoms in total. The molecule has 12 heavy (non-hydrogen) atoms. The summed E-state index contributed by atoms with van der Waals surface area (Å²) in [5.41, 5.74) is 7.91. The van der Waals surface area contributed by atoms with Crippen molar-refractivity contribution in [2.24, 2.45) is 12.8 Å². The van der Waals surface area contributed by atoms with Crippen LogP contribution in [0.1, 0.15) is 24.1 Å². The molecule has 1 aromatic rings. The van der Waals surface area contributed by atoms with Crippen LogP contribution in [0.2, 0.25) is 0 Å². The molecular formula is C9H17N3. The van der Waals surface area contributed by atoms with Crippen LogP contribution in [0.4, 0.5) is 0 Å². The fraction of sp³-hybridized carbons (Fsp3) is 0.667. The SMILES string of the molecule is CCc1nc(C)c(CCN)n1C. The van der Waals surface area contributed by atoms with Gasteiger partial charge in [-0.1, -0.05) is 6.92 Å². The second-order valence-corrected chi connectivity index (χ2v) is 3.01. The van der Waals surface area contributed by atoms with Crippen molar-refractivity contribution in [1.82, 2.24) is 9.55 Å². The van der Waals surface area contributed by atoms with E-state index in [9.17, 15) is 0 Å². The van der Waals surface area contributed by atoms with Gasteiger partial charge in [-0.2, -0.15) is 0 Å². The maximum absolute atomic E-state index is 5.51. The Morgan fingerprint density at radius 2 is 2.17 bits per heavy atom. The van der Waals surface area contributed by atoms with Crippen LogP contribution in [0, 0.1) is 6.92 Å². The molecule has 0 saturated carbocycles. The van der Waals surface area contributed by atoms with Crippen molar-refractivity contribution in [2.45, 2.75) is 26.7 Å². The van der Waals surface area contributed by atoms with Crippen molar-refractivity contribution in [3.63, 3.8) is 0 Å². The Morgan fingerprint density at radius 1 is 1.50 bits per heavy atom. The largest absolute Gasteiger partial charge is 0.335 e. The van der Waals surface area contributed by atoms with E-state index in [1.807, 2.05) is 6.92 Å². The normalized spacial score (nSPS) is 10.7. The topological polar surface area (TPSA) is 43.8 Å². The van der Waals surface area contributed by atoms with Gasteiger partial charge < -0.3 is 10.3 Å². The summed E-state index contributed by atoms with van der Waals surface area (Å²) in [4.78, 5) is 4.45. The Balaban J connectivity index is 3.01. The van der Waals surface area contributed by atoms with Gasteiger partial charge in [-0.25, -0.2) is 4.98 Å². The van der Waals surface area contributed by atoms with Crippen LogP contribution in [-0.2, 0) is 19.9 Å². The third kappa shape index (κ3) is 1.50. The molecule has 0 aliphatic heterocycles.